The average Bonchev–Trinajstić information content (AvgIpc) is 2.25. The zero-order chi connectivity index (χ0) is 13.9. The van der Waals surface area contributed by atoms with Crippen LogP contribution in [-0.2, 0) is 4.79 Å². The standard InChI is InChI=1S/C15H20ClNO/c1-15(2,3)14(18)13(10-17(4)5)11-6-8-12(16)9-7-11/h6-10H,1-5H3/b13-10-. The molecule has 0 aliphatic carbocycles. The molecule has 0 saturated heterocycles. The van der Waals surface area contributed by atoms with Crippen molar-refractivity contribution in [2.75, 3.05) is 14.1 Å². The highest BCUT2D eigenvalue weighted by Gasteiger charge is 2.26. The number of Topliss-reactive ketones (excluding diaryl/α,β-unsaturated/α-hetero) is 1. The number of hydrogen-bond acceptors (Lipinski definition) is 2. The Morgan fingerprint density at radius 1 is 1.17 bits per heavy atom. The van der Waals surface area contributed by atoms with Crippen molar-refractivity contribution in [3.8, 4) is 0 Å². The molecule has 0 heterocycles. The molecule has 1 rings (SSSR count). The van der Waals surface area contributed by atoms with Crippen LogP contribution in [0.3, 0.4) is 0 Å². The Morgan fingerprint density at radius 2 is 1.67 bits per heavy atom. The van der Waals surface area contributed by atoms with Crippen molar-refractivity contribution in [1.29, 1.82) is 0 Å². The fourth-order valence-corrected chi connectivity index (χ4v) is 1.68. The van der Waals surface area contributed by atoms with Crippen LogP contribution in [0.2, 0.25) is 5.02 Å². The molecule has 0 bridgehead atoms. The fraction of sp³-hybridized carbons (Fsp3) is 0.400. The normalized spacial score (nSPS) is 12.4. The summed E-state index contributed by atoms with van der Waals surface area (Å²) in [4.78, 5) is 14.3. The quantitative estimate of drug-likeness (QED) is 0.774. The third-order valence-corrected chi connectivity index (χ3v) is 2.72. The van der Waals surface area contributed by atoms with E-state index in [0.717, 1.165) is 5.56 Å². The van der Waals surface area contributed by atoms with E-state index >= 15 is 0 Å². The van der Waals surface area contributed by atoms with Gasteiger partial charge in [0.2, 0.25) is 0 Å². The number of halogens is 1. The van der Waals surface area contributed by atoms with E-state index in [1.807, 2.05) is 58.1 Å². The predicted octanol–water partition coefficient (Wildman–Crippen LogP) is 3.86. The number of carbonyl (C=O) groups excluding carboxylic acids is 1. The van der Waals surface area contributed by atoms with Gasteiger partial charge in [-0.2, -0.15) is 0 Å². The lowest BCUT2D eigenvalue weighted by molar-refractivity contribution is -0.120. The highest BCUT2D eigenvalue weighted by Crippen LogP contribution is 2.27. The topological polar surface area (TPSA) is 20.3 Å². The molecule has 0 spiro atoms. The summed E-state index contributed by atoms with van der Waals surface area (Å²) in [7, 11) is 3.82. The molecule has 0 fully saturated rings. The summed E-state index contributed by atoms with van der Waals surface area (Å²) in [5.41, 5.74) is 1.21. The van der Waals surface area contributed by atoms with Gasteiger partial charge in [0, 0.05) is 36.3 Å². The van der Waals surface area contributed by atoms with Crippen LogP contribution in [0.1, 0.15) is 26.3 Å². The van der Waals surface area contributed by atoms with Crippen molar-refractivity contribution in [3.63, 3.8) is 0 Å². The van der Waals surface area contributed by atoms with Crippen molar-refractivity contribution >= 4 is 23.0 Å². The maximum absolute atomic E-state index is 12.5. The number of nitrogens with zero attached hydrogens (tertiary/aromatic N) is 1. The van der Waals surface area contributed by atoms with Gasteiger partial charge < -0.3 is 4.90 Å². The van der Waals surface area contributed by atoms with E-state index in [1.165, 1.54) is 0 Å². The molecule has 0 N–H and O–H groups in total. The highest BCUT2D eigenvalue weighted by atomic mass is 35.5. The largest absolute Gasteiger partial charge is 0.383 e. The minimum atomic E-state index is -0.401. The van der Waals surface area contributed by atoms with Gasteiger partial charge in [-0.15, -0.1) is 0 Å². The number of ketones is 1. The third kappa shape index (κ3) is 3.88. The van der Waals surface area contributed by atoms with Crippen LogP contribution in [-0.4, -0.2) is 24.8 Å². The van der Waals surface area contributed by atoms with Gasteiger partial charge in [-0.05, 0) is 17.7 Å². The molecule has 0 amide bonds. The minimum Gasteiger partial charge on any atom is -0.383 e. The first-order valence-corrected chi connectivity index (χ1v) is 6.28. The lowest BCUT2D eigenvalue weighted by Gasteiger charge is -2.20. The van der Waals surface area contributed by atoms with Crippen molar-refractivity contribution in [1.82, 2.24) is 4.90 Å². The zero-order valence-corrected chi connectivity index (χ0v) is 12.4. The smallest absolute Gasteiger partial charge is 0.170 e. The van der Waals surface area contributed by atoms with Crippen LogP contribution in [0.15, 0.2) is 30.5 Å². The Hall–Kier alpha value is -1.28. The summed E-state index contributed by atoms with van der Waals surface area (Å²) in [6, 6.07) is 7.36. The average molecular weight is 266 g/mol. The first kappa shape index (κ1) is 14.8. The summed E-state index contributed by atoms with van der Waals surface area (Å²) >= 11 is 5.88. The fourth-order valence-electron chi connectivity index (χ4n) is 1.56. The molecule has 0 aliphatic rings. The zero-order valence-electron chi connectivity index (χ0n) is 11.6. The molecule has 0 saturated carbocycles. The van der Waals surface area contributed by atoms with Gasteiger partial charge in [0.05, 0.1) is 0 Å². The molecule has 18 heavy (non-hydrogen) atoms. The Balaban J connectivity index is 3.23. The van der Waals surface area contributed by atoms with Gasteiger partial charge in [-0.1, -0.05) is 44.5 Å². The van der Waals surface area contributed by atoms with Gasteiger partial charge >= 0.3 is 0 Å². The second kappa shape index (κ2) is 5.57. The number of rotatable bonds is 3. The van der Waals surface area contributed by atoms with Crippen LogP contribution < -0.4 is 0 Å². The van der Waals surface area contributed by atoms with Gasteiger partial charge in [-0.3, -0.25) is 4.79 Å². The van der Waals surface area contributed by atoms with Gasteiger partial charge in [0.1, 0.15) is 0 Å². The third-order valence-electron chi connectivity index (χ3n) is 2.47. The first-order chi connectivity index (χ1) is 8.21. The Morgan fingerprint density at radius 3 is 2.06 bits per heavy atom. The molecular weight excluding hydrogens is 246 g/mol. The molecule has 0 unspecified atom stereocenters. The van der Waals surface area contributed by atoms with E-state index in [4.69, 9.17) is 11.6 Å². The molecular formula is C15H20ClNO. The molecule has 3 heteroatoms. The summed E-state index contributed by atoms with van der Waals surface area (Å²) < 4.78 is 0. The maximum atomic E-state index is 12.5. The second-order valence-electron chi connectivity index (χ2n) is 5.59. The van der Waals surface area contributed by atoms with Crippen LogP contribution in [0.5, 0.6) is 0 Å². The van der Waals surface area contributed by atoms with Gasteiger partial charge in [-0.25, -0.2) is 0 Å². The van der Waals surface area contributed by atoms with Crippen molar-refractivity contribution in [2.45, 2.75) is 20.8 Å². The lowest BCUT2D eigenvalue weighted by atomic mass is 9.84. The lowest BCUT2D eigenvalue weighted by Crippen LogP contribution is -2.22. The van der Waals surface area contributed by atoms with E-state index in [-0.39, 0.29) is 5.78 Å². The molecule has 2 nitrogen and oxygen atoms in total. The van der Waals surface area contributed by atoms with E-state index in [1.54, 1.807) is 12.1 Å². The number of allylic oxidation sites excluding steroid dienone is 1. The van der Waals surface area contributed by atoms with Gasteiger partial charge in [0.15, 0.2) is 5.78 Å². The van der Waals surface area contributed by atoms with Gasteiger partial charge in [0.25, 0.3) is 0 Å². The van der Waals surface area contributed by atoms with Crippen LogP contribution in [0.4, 0.5) is 0 Å². The molecule has 1 aromatic carbocycles. The predicted molar refractivity (Wildman–Crippen MR) is 77.6 cm³/mol. The Kier molecular flexibility index (Phi) is 4.58. The SMILES string of the molecule is CN(C)/C=C(\C(=O)C(C)(C)C)c1ccc(Cl)cc1. The maximum Gasteiger partial charge on any atom is 0.170 e. The van der Waals surface area contributed by atoms with Crippen LogP contribution in [0.25, 0.3) is 5.57 Å². The number of hydrogen-bond donors (Lipinski definition) is 0. The summed E-state index contributed by atoms with van der Waals surface area (Å²) in [6.07, 6.45) is 1.86. The van der Waals surface area contributed by atoms with Crippen LogP contribution >= 0.6 is 11.6 Å². The van der Waals surface area contributed by atoms with Crippen molar-refractivity contribution in [3.05, 3.63) is 41.1 Å². The summed E-state index contributed by atoms with van der Waals surface area (Å²) in [6.45, 7) is 5.78. The molecule has 0 atom stereocenters. The van der Waals surface area contributed by atoms with E-state index in [2.05, 4.69) is 0 Å². The van der Waals surface area contributed by atoms with Crippen LogP contribution in [0, 0.1) is 5.41 Å². The van der Waals surface area contributed by atoms with E-state index in [9.17, 15) is 4.79 Å². The first-order valence-electron chi connectivity index (χ1n) is 5.91. The Labute approximate surface area is 114 Å². The monoisotopic (exact) mass is 265 g/mol. The van der Waals surface area contributed by atoms with E-state index in [0.29, 0.717) is 10.6 Å². The molecule has 98 valence electrons. The number of benzene rings is 1. The second-order valence-corrected chi connectivity index (χ2v) is 6.03. The van der Waals surface area contributed by atoms with Crippen molar-refractivity contribution in [2.24, 2.45) is 5.41 Å². The van der Waals surface area contributed by atoms with E-state index < -0.39 is 5.41 Å². The molecule has 1 aromatic rings. The summed E-state index contributed by atoms with van der Waals surface area (Å²) in [5.74, 6) is 0.124. The Bertz CT molecular complexity index is 452. The highest BCUT2D eigenvalue weighted by molar-refractivity contribution is 6.30. The molecule has 0 radical (unpaired) electrons. The summed E-state index contributed by atoms with van der Waals surface area (Å²) in [5, 5.41) is 0.672. The van der Waals surface area contributed by atoms with Crippen molar-refractivity contribution < 1.29 is 4.79 Å². The molecule has 0 aromatic heterocycles. The minimum absolute atomic E-state index is 0.124. The molecule has 0 aliphatic heterocycles. The number of carbonyl (C=O) groups is 1.